The monoisotopic (exact) mass is 386 g/mol. The lowest BCUT2D eigenvalue weighted by atomic mass is 10.1. The lowest BCUT2D eigenvalue weighted by Crippen LogP contribution is -3.14. The molecule has 0 fully saturated rings. The van der Waals surface area contributed by atoms with Crippen LogP contribution in [0.4, 0.5) is 5.69 Å². The van der Waals surface area contributed by atoms with Crippen molar-refractivity contribution in [1.29, 1.82) is 0 Å². The van der Waals surface area contributed by atoms with Gasteiger partial charge in [-0.15, -0.1) is 0 Å². The molecule has 0 bridgehead atoms. The molecular weight excluding hydrogens is 358 g/mol. The molecule has 150 valence electrons. The third kappa shape index (κ3) is 5.47. The number of hydrogen-bond acceptors (Lipinski definition) is 4. The summed E-state index contributed by atoms with van der Waals surface area (Å²) >= 11 is 0. The minimum atomic E-state index is -0.495. The minimum absolute atomic E-state index is 0.0864. The second-order valence-corrected chi connectivity index (χ2v) is 6.69. The fraction of sp³-hybridized carbons (Fsp3) is 0.333. The number of ether oxygens (including phenoxy) is 2. The maximum atomic E-state index is 12.5. The van der Waals surface area contributed by atoms with Crippen molar-refractivity contribution in [3.63, 3.8) is 0 Å². The maximum absolute atomic E-state index is 12.5. The van der Waals surface area contributed by atoms with Crippen LogP contribution in [0, 0.1) is 0 Å². The van der Waals surface area contributed by atoms with Gasteiger partial charge >= 0.3 is 0 Å². The second-order valence-electron chi connectivity index (χ2n) is 6.69. The molecule has 7 nitrogen and oxygen atoms in total. The van der Waals surface area contributed by atoms with Crippen molar-refractivity contribution in [1.82, 2.24) is 0 Å². The van der Waals surface area contributed by atoms with Gasteiger partial charge in [0.1, 0.15) is 0 Å². The maximum Gasteiger partial charge on any atom is 0.282 e. The Morgan fingerprint density at radius 3 is 2.29 bits per heavy atom. The van der Waals surface area contributed by atoms with Gasteiger partial charge in [-0.1, -0.05) is 6.07 Å². The first-order chi connectivity index (χ1) is 13.3. The van der Waals surface area contributed by atoms with Crippen molar-refractivity contribution in [2.24, 2.45) is 5.73 Å². The Morgan fingerprint density at radius 1 is 1.07 bits per heavy atom. The van der Waals surface area contributed by atoms with Gasteiger partial charge < -0.3 is 25.4 Å². The number of rotatable bonds is 9. The molecule has 0 saturated heterocycles. The Bertz CT molecular complexity index is 821. The molecule has 0 heterocycles. The number of methoxy groups -OCH3 is 2. The molecule has 2 rings (SSSR count). The van der Waals surface area contributed by atoms with Crippen LogP contribution in [0.3, 0.4) is 0 Å². The molecule has 0 aliphatic rings. The topological polar surface area (TPSA) is 95.1 Å². The van der Waals surface area contributed by atoms with Crippen LogP contribution in [0.1, 0.15) is 22.8 Å². The lowest BCUT2D eigenvalue weighted by Gasteiger charge is -2.21. The zero-order valence-corrected chi connectivity index (χ0v) is 16.7. The quantitative estimate of drug-likeness (QED) is 0.596. The minimum Gasteiger partial charge on any atom is -0.493 e. The molecule has 2 aromatic rings. The van der Waals surface area contributed by atoms with Gasteiger partial charge in [-0.25, -0.2) is 0 Å². The van der Waals surface area contributed by atoms with Gasteiger partial charge in [-0.05, 0) is 48.9 Å². The number of quaternary nitrogens is 1. The summed E-state index contributed by atoms with van der Waals surface area (Å²) in [4.78, 5) is 24.7. The van der Waals surface area contributed by atoms with E-state index in [2.05, 4.69) is 5.32 Å². The molecule has 28 heavy (non-hydrogen) atoms. The van der Waals surface area contributed by atoms with E-state index in [0.29, 0.717) is 22.7 Å². The summed E-state index contributed by atoms with van der Waals surface area (Å²) in [5.74, 6) is 0.812. The van der Waals surface area contributed by atoms with Crippen molar-refractivity contribution >= 4 is 17.5 Å². The van der Waals surface area contributed by atoms with Crippen LogP contribution in [-0.2, 0) is 11.2 Å². The predicted molar refractivity (Wildman–Crippen MR) is 108 cm³/mol. The fourth-order valence-corrected chi connectivity index (χ4v) is 2.79. The van der Waals surface area contributed by atoms with Gasteiger partial charge in [0.2, 0.25) is 5.91 Å². The average Bonchev–Trinajstić information content (AvgIpc) is 2.71. The Kier molecular flexibility index (Phi) is 7.40. The molecule has 0 saturated carbocycles. The molecule has 0 aliphatic carbocycles. The van der Waals surface area contributed by atoms with E-state index in [1.54, 1.807) is 38.5 Å². The first-order valence-electron chi connectivity index (χ1n) is 9.09. The molecule has 0 radical (unpaired) electrons. The predicted octanol–water partition coefficient (Wildman–Crippen LogP) is 0.887. The van der Waals surface area contributed by atoms with Crippen LogP contribution in [0.2, 0.25) is 0 Å². The normalized spacial score (nSPS) is 12.7. The van der Waals surface area contributed by atoms with E-state index < -0.39 is 5.91 Å². The summed E-state index contributed by atoms with van der Waals surface area (Å²) in [7, 11) is 5.21. The van der Waals surface area contributed by atoms with E-state index in [0.717, 1.165) is 23.4 Å². The SMILES string of the molecule is COc1ccc(CC[NH+](C)[C@@H](C)C(=O)Nc2ccc(C(N)=O)cc2)cc1OC. The highest BCUT2D eigenvalue weighted by atomic mass is 16.5. The fourth-order valence-electron chi connectivity index (χ4n) is 2.79. The van der Waals surface area contributed by atoms with E-state index in [9.17, 15) is 9.59 Å². The second kappa shape index (κ2) is 9.75. The number of nitrogens with one attached hydrogen (secondary N) is 2. The molecule has 0 spiro atoms. The highest BCUT2D eigenvalue weighted by molar-refractivity contribution is 5.95. The standard InChI is InChI=1S/C21H27N3O4/c1-14(21(26)23-17-8-6-16(7-9-17)20(22)25)24(2)12-11-15-5-10-18(27-3)19(13-15)28-4/h5-10,13-14H,11-12H2,1-4H3,(H2,22,25)(H,23,26)/p+1/t14-/m0/s1. The molecule has 7 heteroatoms. The van der Waals surface area contributed by atoms with Crippen LogP contribution in [0.15, 0.2) is 42.5 Å². The summed E-state index contributed by atoms with van der Waals surface area (Å²) in [6, 6.07) is 12.1. The van der Waals surface area contributed by atoms with Crippen LogP contribution < -0.4 is 25.4 Å². The number of carbonyl (C=O) groups excluding carboxylic acids is 2. The summed E-state index contributed by atoms with van der Waals surface area (Å²) in [5.41, 5.74) is 7.38. The lowest BCUT2D eigenvalue weighted by molar-refractivity contribution is -0.893. The van der Waals surface area contributed by atoms with Crippen molar-refractivity contribution in [3.8, 4) is 11.5 Å². The number of benzene rings is 2. The van der Waals surface area contributed by atoms with Crippen LogP contribution in [-0.4, -0.2) is 45.7 Å². The van der Waals surface area contributed by atoms with Gasteiger partial charge in [-0.2, -0.15) is 0 Å². The van der Waals surface area contributed by atoms with Crippen molar-refractivity contribution < 1.29 is 24.0 Å². The molecule has 1 unspecified atom stereocenters. The Balaban J connectivity index is 1.91. The first kappa shape index (κ1) is 21.2. The van der Waals surface area contributed by atoms with E-state index in [4.69, 9.17) is 15.2 Å². The Morgan fingerprint density at radius 2 is 1.71 bits per heavy atom. The van der Waals surface area contributed by atoms with Crippen LogP contribution in [0.25, 0.3) is 0 Å². The van der Waals surface area contributed by atoms with E-state index in [1.807, 2.05) is 32.2 Å². The Hall–Kier alpha value is -3.06. The van der Waals surface area contributed by atoms with Gasteiger partial charge in [-0.3, -0.25) is 9.59 Å². The van der Waals surface area contributed by atoms with Gasteiger partial charge in [0.15, 0.2) is 17.5 Å². The van der Waals surface area contributed by atoms with Gasteiger partial charge in [0, 0.05) is 17.7 Å². The average molecular weight is 386 g/mol. The number of amides is 2. The summed E-state index contributed by atoms with van der Waals surface area (Å²) in [5, 5.41) is 2.87. The molecule has 0 aromatic heterocycles. The zero-order chi connectivity index (χ0) is 20.7. The number of nitrogens with two attached hydrogens (primary N) is 1. The first-order valence-corrected chi connectivity index (χ1v) is 9.09. The highest BCUT2D eigenvalue weighted by Crippen LogP contribution is 2.27. The summed E-state index contributed by atoms with van der Waals surface area (Å²) in [6.45, 7) is 2.67. The van der Waals surface area contributed by atoms with Crippen molar-refractivity contribution in [2.75, 3.05) is 33.1 Å². The van der Waals surface area contributed by atoms with Gasteiger partial charge in [0.05, 0.1) is 27.8 Å². The summed E-state index contributed by atoms with van der Waals surface area (Å²) in [6.07, 6.45) is 0.803. The molecule has 2 aromatic carbocycles. The van der Waals surface area contributed by atoms with Crippen LogP contribution in [0.5, 0.6) is 11.5 Å². The molecule has 2 atom stereocenters. The van der Waals surface area contributed by atoms with Crippen LogP contribution >= 0.6 is 0 Å². The molecule has 2 amide bonds. The third-order valence-corrected chi connectivity index (χ3v) is 4.83. The highest BCUT2D eigenvalue weighted by Gasteiger charge is 2.22. The van der Waals surface area contributed by atoms with E-state index in [-0.39, 0.29) is 11.9 Å². The van der Waals surface area contributed by atoms with Crippen molar-refractivity contribution in [3.05, 3.63) is 53.6 Å². The van der Waals surface area contributed by atoms with Gasteiger partial charge in [0.25, 0.3) is 5.91 Å². The number of carbonyl (C=O) groups is 2. The third-order valence-electron chi connectivity index (χ3n) is 4.83. The van der Waals surface area contributed by atoms with E-state index in [1.165, 1.54) is 0 Å². The summed E-state index contributed by atoms with van der Waals surface area (Å²) < 4.78 is 10.6. The molecule has 4 N–H and O–H groups in total. The largest absolute Gasteiger partial charge is 0.493 e. The Labute approximate surface area is 165 Å². The number of likely N-dealkylation sites (N-methyl/N-ethyl adjacent to an activating group) is 1. The number of anilines is 1. The number of hydrogen-bond donors (Lipinski definition) is 3. The van der Waals surface area contributed by atoms with E-state index >= 15 is 0 Å². The zero-order valence-electron chi connectivity index (χ0n) is 16.7. The smallest absolute Gasteiger partial charge is 0.282 e. The molecule has 0 aliphatic heterocycles. The molecular formula is C21H28N3O4+. The number of primary amides is 1. The van der Waals surface area contributed by atoms with Crippen molar-refractivity contribution in [2.45, 2.75) is 19.4 Å².